The third-order valence-electron chi connectivity index (χ3n) is 5.60. The summed E-state index contributed by atoms with van der Waals surface area (Å²) in [4.78, 5) is 26.9. The molecule has 4 rings (SSSR count). The van der Waals surface area contributed by atoms with E-state index in [0.717, 1.165) is 22.5 Å². The first-order valence-corrected chi connectivity index (χ1v) is 10.6. The van der Waals surface area contributed by atoms with Crippen molar-refractivity contribution in [1.29, 1.82) is 0 Å². The van der Waals surface area contributed by atoms with Gasteiger partial charge in [-0.25, -0.2) is 0 Å². The third kappa shape index (κ3) is 4.57. The predicted molar refractivity (Wildman–Crippen MR) is 122 cm³/mol. The molecule has 2 amide bonds. The average molecular weight is 447 g/mol. The molecular formula is C24H26N6O3. The highest BCUT2D eigenvalue weighted by molar-refractivity contribution is 5.94. The van der Waals surface area contributed by atoms with Crippen molar-refractivity contribution in [1.82, 2.24) is 30.2 Å². The van der Waals surface area contributed by atoms with Crippen LogP contribution in [0.3, 0.4) is 0 Å². The van der Waals surface area contributed by atoms with Crippen molar-refractivity contribution in [2.24, 2.45) is 7.05 Å². The smallest absolute Gasteiger partial charge is 0.272 e. The van der Waals surface area contributed by atoms with E-state index in [-0.39, 0.29) is 11.8 Å². The fourth-order valence-electron chi connectivity index (χ4n) is 3.79. The molecule has 0 aliphatic carbocycles. The Labute approximate surface area is 191 Å². The molecule has 0 spiro atoms. The predicted octanol–water partition coefficient (Wildman–Crippen LogP) is 3.22. The van der Waals surface area contributed by atoms with Gasteiger partial charge < -0.3 is 14.6 Å². The van der Waals surface area contributed by atoms with Crippen molar-refractivity contribution in [3.8, 4) is 11.3 Å². The van der Waals surface area contributed by atoms with Gasteiger partial charge in [-0.2, -0.15) is 10.2 Å². The topological polar surface area (TPSA) is 109 Å². The van der Waals surface area contributed by atoms with E-state index in [1.54, 1.807) is 47.2 Å². The van der Waals surface area contributed by atoms with Crippen molar-refractivity contribution in [2.75, 3.05) is 7.05 Å². The molecular weight excluding hydrogens is 420 g/mol. The summed E-state index contributed by atoms with van der Waals surface area (Å²) in [5, 5.41) is 14.3. The number of aromatic amines is 1. The summed E-state index contributed by atoms with van der Waals surface area (Å²) in [6.07, 6.45) is 1.58. The summed E-state index contributed by atoms with van der Waals surface area (Å²) in [5.41, 5.74) is 5.24. The zero-order chi connectivity index (χ0) is 23.5. The number of hydrogen-bond acceptors (Lipinski definition) is 5. The lowest BCUT2D eigenvalue weighted by Gasteiger charge is -2.21. The number of aryl methyl sites for hydroxylation is 2. The van der Waals surface area contributed by atoms with Gasteiger partial charge in [-0.1, -0.05) is 12.1 Å². The van der Waals surface area contributed by atoms with Gasteiger partial charge in [-0.15, -0.1) is 0 Å². The number of H-pyrrole nitrogens is 1. The first-order chi connectivity index (χ1) is 15.9. The van der Waals surface area contributed by atoms with E-state index >= 15 is 0 Å². The highest BCUT2D eigenvalue weighted by Crippen LogP contribution is 2.26. The number of carbonyl (C=O) groups excluding carboxylic acids is 2. The Kier molecular flexibility index (Phi) is 6.12. The van der Waals surface area contributed by atoms with E-state index in [4.69, 9.17) is 4.42 Å². The number of aromatic nitrogens is 4. The second-order valence-corrected chi connectivity index (χ2v) is 7.85. The van der Waals surface area contributed by atoms with Crippen LogP contribution in [-0.4, -0.2) is 43.7 Å². The third-order valence-corrected chi connectivity index (χ3v) is 5.60. The first-order valence-electron chi connectivity index (χ1n) is 10.6. The standard InChI is InChI=1S/C24H26N6O3/c1-15-22(16(2)29(4)28-15)20-12-21(27-26-20)24(32)30(14-19-6-5-11-33-19)13-17-7-9-18(10-8-17)23(31)25-3/h5-12H,13-14H2,1-4H3,(H,25,31)(H,26,27). The minimum atomic E-state index is -0.209. The fourth-order valence-corrected chi connectivity index (χ4v) is 3.79. The van der Waals surface area contributed by atoms with Gasteiger partial charge in [0.15, 0.2) is 0 Å². The maximum atomic E-state index is 13.4. The quantitative estimate of drug-likeness (QED) is 0.453. The van der Waals surface area contributed by atoms with Crippen LogP contribution in [-0.2, 0) is 20.1 Å². The number of hydrogen-bond donors (Lipinski definition) is 2. The zero-order valence-corrected chi connectivity index (χ0v) is 19.0. The van der Waals surface area contributed by atoms with E-state index in [1.807, 2.05) is 39.1 Å². The van der Waals surface area contributed by atoms with Crippen LogP contribution in [0.4, 0.5) is 0 Å². The van der Waals surface area contributed by atoms with Gasteiger partial charge in [-0.3, -0.25) is 19.4 Å². The summed E-state index contributed by atoms with van der Waals surface area (Å²) < 4.78 is 7.28. The van der Waals surface area contributed by atoms with Crippen LogP contribution in [0.25, 0.3) is 11.3 Å². The van der Waals surface area contributed by atoms with E-state index in [2.05, 4.69) is 20.6 Å². The monoisotopic (exact) mass is 446 g/mol. The highest BCUT2D eigenvalue weighted by atomic mass is 16.3. The van der Waals surface area contributed by atoms with Crippen LogP contribution < -0.4 is 5.32 Å². The Balaban J connectivity index is 1.60. The van der Waals surface area contributed by atoms with Crippen molar-refractivity contribution in [3.05, 3.63) is 82.7 Å². The molecule has 4 aromatic rings. The largest absolute Gasteiger partial charge is 0.467 e. The molecule has 1 aromatic carbocycles. The number of rotatable bonds is 7. The zero-order valence-electron chi connectivity index (χ0n) is 19.0. The van der Waals surface area contributed by atoms with Gasteiger partial charge in [-0.05, 0) is 49.7 Å². The molecule has 2 N–H and O–H groups in total. The van der Waals surface area contributed by atoms with Crippen LogP contribution in [0, 0.1) is 13.8 Å². The first kappa shape index (κ1) is 22.1. The van der Waals surface area contributed by atoms with Crippen molar-refractivity contribution in [3.63, 3.8) is 0 Å². The minimum absolute atomic E-state index is 0.156. The summed E-state index contributed by atoms with van der Waals surface area (Å²) >= 11 is 0. The molecule has 0 bridgehead atoms. The van der Waals surface area contributed by atoms with E-state index in [1.165, 1.54) is 0 Å². The second kappa shape index (κ2) is 9.15. The fraction of sp³-hybridized carbons (Fsp3) is 0.250. The Hall–Kier alpha value is -4.14. The molecule has 0 aliphatic heterocycles. The summed E-state index contributed by atoms with van der Waals surface area (Å²) in [6.45, 7) is 4.52. The molecule has 0 saturated heterocycles. The number of furan rings is 1. The second-order valence-electron chi connectivity index (χ2n) is 7.85. The van der Waals surface area contributed by atoms with Crippen LogP contribution in [0.1, 0.15) is 43.6 Å². The lowest BCUT2D eigenvalue weighted by molar-refractivity contribution is 0.0711. The van der Waals surface area contributed by atoms with Crippen molar-refractivity contribution < 1.29 is 14.0 Å². The number of nitrogens with one attached hydrogen (secondary N) is 2. The molecule has 33 heavy (non-hydrogen) atoms. The van der Waals surface area contributed by atoms with Crippen molar-refractivity contribution in [2.45, 2.75) is 26.9 Å². The van der Waals surface area contributed by atoms with Gasteiger partial charge in [0.25, 0.3) is 11.8 Å². The molecule has 0 unspecified atom stereocenters. The van der Waals surface area contributed by atoms with Gasteiger partial charge in [0.05, 0.1) is 24.2 Å². The van der Waals surface area contributed by atoms with Crippen LogP contribution in [0.5, 0.6) is 0 Å². The maximum absolute atomic E-state index is 13.4. The molecule has 0 atom stereocenters. The van der Waals surface area contributed by atoms with Gasteiger partial charge in [0.2, 0.25) is 0 Å². The molecule has 3 heterocycles. The van der Waals surface area contributed by atoms with Gasteiger partial charge in [0, 0.05) is 37.5 Å². The van der Waals surface area contributed by atoms with Gasteiger partial charge >= 0.3 is 0 Å². The molecule has 9 heteroatoms. The van der Waals surface area contributed by atoms with Crippen LogP contribution in [0.15, 0.2) is 53.1 Å². The number of benzene rings is 1. The SMILES string of the molecule is CNC(=O)c1ccc(CN(Cc2ccco2)C(=O)c2cc(-c3c(C)nn(C)c3C)n[nH]2)cc1. The number of nitrogens with zero attached hydrogens (tertiary/aromatic N) is 4. The molecule has 3 aromatic heterocycles. The van der Waals surface area contributed by atoms with Gasteiger partial charge in [0.1, 0.15) is 11.5 Å². The minimum Gasteiger partial charge on any atom is -0.467 e. The molecule has 0 saturated carbocycles. The van der Waals surface area contributed by atoms with E-state index < -0.39 is 0 Å². The van der Waals surface area contributed by atoms with E-state index in [9.17, 15) is 9.59 Å². The highest BCUT2D eigenvalue weighted by Gasteiger charge is 2.22. The molecule has 0 fully saturated rings. The van der Waals surface area contributed by atoms with Crippen molar-refractivity contribution >= 4 is 11.8 Å². The molecule has 9 nitrogen and oxygen atoms in total. The summed E-state index contributed by atoms with van der Waals surface area (Å²) in [6, 6.07) is 12.5. The van der Waals surface area contributed by atoms with Crippen LogP contribution in [0.2, 0.25) is 0 Å². The summed E-state index contributed by atoms with van der Waals surface area (Å²) in [7, 11) is 3.47. The Bertz CT molecular complexity index is 1270. The Morgan fingerprint density at radius 1 is 1.15 bits per heavy atom. The molecule has 0 radical (unpaired) electrons. The number of carbonyl (C=O) groups is 2. The average Bonchev–Trinajstić information content (AvgIpc) is 3.55. The molecule has 170 valence electrons. The Morgan fingerprint density at radius 2 is 1.91 bits per heavy atom. The van der Waals surface area contributed by atoms with Crippen LogP contribution >= 0.6 is 0 Å². The Morgan fingerprint density at radius 3 is 2.52 bits per heavy atom. The molecule has 0 aliphatic rings. The van der Waals surface area contributed by atoms with E-state index in [0.29, 0.717) is 35.8 Å². The summed E-state index contributed by atoms with van der Waals surface area (Å²) in [5.74, 6) is 0.305. The normalized spacial score (nSPS) is 10.9. The lowest BCUT2D eigenvalue weighted by atomic mass is 10.1. The maximum Gasteiger partial charge on any atom is 0.272 e. The lowest BCUT2D eigenvalue weighted by Crippen LogP contribution is -2.30. The number of amides is 2.